The van der Waals surface area contributed by atoms with E-state index < -0.39 is 0 Å². The number of benzene rings is 1. The number of anilines is 1. The molecular formula is C9H11N3O. The van der Waals surface area contributed by atoms with E-state index in [1.54, 1.807) is 11.8 Å². The first-order valence-electron chi connectivity index (χ1n) is 3.98. The largest absolute Gasteiger partial charge is 0.497 e. The summed E-state index contributed by atoms with van der Waals surface area (Å²) in [4.78, 5) is 0. The molecule has 4 nitrogen and oxygen atoms in total. The van der Waals surface area contributed by atoms with Crippen LogP contribution < -0.4 is 10.5 Å². The molecule has 4 heteroatoms. The van der Waals surface area contributed by atoms with Crippen LogP contribution in [0.15, 0.2) is 18.2 Å². The van der Waals surface area contributed by atoms with Crippen LogP contribution >= 0.6 is 0 Å². The zero-order valence-corrected chi connectivity index (χ0v) is 7.61. The molecule has 0 radical (unpaired) electrons. The number of fused-ring (bicyclic) bond motifs is 1. The van der Waals surface area contributed by atoms with Gasteiger partial charge in [-0.25, -0.2) is 0 Å². The van der Waals surface area contributed by atoms with Crippen molar-refractivity contribution in [2.24, 2.45) is 7.05 Å². The van der Waals surface area contributed by atoms with Crippen molar-refractivity contribution in [1.29, 1.82) is 0 Å². The van der Waals surface area contributed by atoms with E-state index in [0.717, 1.165) is 16.7 Å². The number of nitrogens with zero attached hydrogens (tertiary/aromatic N) is 2. The van der Waals surface area contributed by atoms with Crippen molar-refractivity contribution < 1.29 is 4.74 Å². The number of nitrogen functional groups attached to an aromatic ring is 1. The molecule has 0 aliphatic carbocycles. The molecule has 68 valence electrons. The second-order valence-corrected chi connectivity index (χ2v) is 2.89. The van der Waals surface area contributed by atoms with Gasteiger partial charge in [0.15, 0.2) is 0 Å². The number of aromatic nitrogens is 2. The Morgan fingerprint density at radius 3 is 2.92 bits per heavy atom. The lowest BCUT2D eigenvalue weighted by molar-refractivity contribution is 0.415. The fourth-order valence-corrected chi connectivity index (χ4v) is 1.33. The molecule has 2 N–H and O–H groups in total. The molecule has 0 spiro atoms. The van der Waals surface area contributed by atoms with E-state index in [9.17, 15) is 0 Å². The minimum atomic E-state index is 0.678. The number of nitrogens with two attached hydrogens (primary N) is 1. The molecular weight excluding hydrogens is 166 g/mol. The fourth-order valence-electron chi connectivity index (χ4n) is 1.33. The molecule has 0 fully saturated rings. The van der Waals surface area contributed by atoms with E-state index >= 15 is 0 Å². The number of methoxy groups -OCH3 is 1. The molecule has 0 saturated carbocycles. The summed E-state index contributed by atoms with van der Waals surface area (Å²) in [5.41, 5.74) is 6.65. The lowest BCUT2D eigenvalue weighted by atomic mass is 10.2. The monoisotopic (exact) mass is 177 g/mol. The van der Waals surface area contributed by atoms with Crippen molar-refractivity contribution in [3.05, 3.63) is 18.2 Å². The minimum absolute atomic E-state index is 0.678. The predicted octanol–water partition coefficient (Wildman–Crippen LogP) is 1.16. The van der Waals surface area contributed by atoms with Crippen molar-refractivity contribution >= 4 is 16.7 Å². The van der Waals surface area contributed by atoms with Crippen LogP contribution in [0.25, 0.3) is 10.9 Å². The van der Waals surface area contributed by atoms with Gasteiger partial charge in [-0.1, -0.05) is 0 Å². The van der Waals surface area contributed by atoms with Crippen LogP contribution in [0.1, 0.15) is 0 Å². The highest BCUT2D eigenvalue weighted by molar-refractivity contribution is 5.89. The van der Waals surface area contributed by atoms with E-state index in [1.807, 2.05) is 25.2 Å². The van der Waals surface area contributed by atoms with Crippen molar-refractivity contribution in [3.63, 3.8) is 0 Å². The lowest BCUT2D eigenvalue weighted by Crippen LogP contribution is -1.96. The Balaban J connectivity index is 2.73. The number of aryl methyl sites for hydroxylation is 1. The number of hydrogen-bond donors (Lipinski definition) is 1. The number of hydrogen-bond acceptors (Lipinski definition) is 3. The zero-order chi connectivity index (χ0) is 9.42. The summed E-state index contributed by atoms with van der Waals surface area (Å²) in [5.74, 6) is 1.48. The Bertz CT molecular complexity index is 447. The molecule has 1 aromatic heterocycles. The van der Waals surface area contributed by atoms with Crippen LogP contribution in [0, 0.1) is 0 Å². The van der Waals surface area contributed by atoms with Crippen LogP contribution in [0.3, 0.4) is 0 Å². The quantitative estimate of drug-likeness (QED) is 0.711. The van der Waals surface area contributed by atoms with Gasteiger partial charge in [-0.15, -0.1) is 0 Å². The maximum atomic E-state index is 5.79. The molecule has 0 saturated heterocycles. The first-order chi connectivity index (χ1) is 6.22. The Kier molecular flexibility index (Phi) is 1.62. The Labute approximate surface area is 75.9 Å². The summed E-state index contributed by atoms with van der Waals surface area (Å²) < 4.78 is 6.74. The van der Waals surface area contributed by atoms with Gasteiger partial charge in [0.25, 0.3) is 0 Å². The third kappa shape index (κ3) is 1.11. The van der Waals surface area contributed by atoms with Crippen LogP contribution in [0.4, 0.5) is 5.82 Å². The molecule has 0 aliphatic rings. The van der Waals surface area contributed by atoms with Gasteiger partial charge in [0.1, 0.15) is 11.6 Å². The average Bonchev–Trinajstić information content (AvgIpc) is 2.42. The van der Waals surface area contributed by atoms with Crippen molar-refractivity contribution in [3.8, 4) is 5.75 Å². The number of ether oxygens (including phenoxy) is 1. The highest BCUT2D eigenvalue weighted by atomic mass is 16.5. The average molecular weight is 177 g/mol. The first-order valence-corrected chi connectivity index (χ1v) is 3.98. The van der Waals surface area contributed by atoms with Gasteiger partial charge < -0.3 is 10.5 Å². The third-order valence-corrected chi connectivity index (χ3v) is 2.09. The van der Waals surface area contributed by atoms with Gasteiger partial charge >= 0.3 is 0 Å². The van der Waals surface area contributed by atoms with Crippen LogP contribution in [0.5, 0.6) is 5.75 Å². The highest BCUT2D eigenvalue weighted by Gasteiger charge is 2.05. The normalized spacial score (nSPS) is 10.6. The molecule has 0 unspecified atom stereocenters. The van der Waals surface area contributed by atoms with Crippen LogP contribution in [-0.2, 0) is 7.05 Å². The van der Waals surface area contributed by atoms with E-state index in [2.05, 4.69) is 5.10 Å². The summed E-state index contributed by atoms with van der Waals surface area (Å²) in [5, 5.41) is 5.19. The van der Waals surface area contributed by atoms with Gasteiger partial charge in [-0.05, 0) is 12.1 Å². The molecule has 2 aromatic rings. The van der Waals surface area contributed by atoms with Crippen LogP contribution in [-0.4, -0.2) is 16.9 Å². The number of rotatable bonds is 1. The maximum Gasteiger partial charge on any atom is 0.129 e. The topological polar surface area (TPSA) is 53.1 Å². The van der Waals surface area contributed by atoms with Gasteiger partial charge in [-0.2, -0.15) is 5.10 Å². The molecule has 1 heterocycles. The highest BCUT2D eigenvalue weighted by Crippen LogP contribution is 2.23. The summed E-state index contributed by atoms with van der Waals surface area (Å²) in [6.07, 6.45) is 0. The molecule has 0 amide bonds. The molecule has 1 aromatic carbocycles. The van der Waals surface area contributed by atoms with Crippen molar-refractivity contribution in [1.82, 2.24) is 9.78 Å². The smallest absolute Gasteiger partial charge is 0.129 e. The second-order valence-electron chi connectivity index (χ2n) is 2.89. The second kappa shape index (κ2) is 2.65. The van der Waals surface area contributed by atoms with Crippen molar-refractivity contribution in [2.75, 3.05) is 12.8 Å². The summed E-state index contributed by atoms with van der Waals surface area (Å²) in [6, 6.07) is 5.66. The lowest BCUT2D eigenvalue weighted by Gasteiger charge is -1.97. The predicted molar refractivity (Wildman–Crippen MR) is 51.7 cm³/mol. The van der Waals surface area contributed by atoms with Gasteiger partial charge in [0.05, 0.1) is 12.6 Å². The Hall–Kier alpha value is -1.71. The maximum absolute atomic E-state index is 5.79. The Morgan fingerprint density at radius 1 is 1.46 bits per heavy atom. The van der Waals surface area contributed by atoms with Crippen LogP contribution in [0.2, 0.25) is 0 Å². The van der Waals surface area contributed by atoms with E-state index in [-0.39, 0.29) is 0 Å². The minimum Gasteiger partial charge on any atom is -0.497 e. The van der Waals surface area contributed by atoms with Gasteiger partial charge in [0.2, 0.25) is 0 Å². The Morgan fingerprint density at radius 2 is 2.23 bits per heavy atom. The fraction of sp³-hybridized carbons (Fsp3) is 0.222. The first kappa shape index (κ1) is 7.91. The standard InChI is InChI=1S/C9H11N3O/c1-12-9(10)7-4-3-6(13-2)5-8(7)11-12/h3-5H,10H2,1-2H3. The van der Waals surface area contributed by atoms with E-state index in [1.165, 1.54) is 0 Å². The molecule has 2 rings (SSSR count). The SMILES string of the molecule is COc1ccc2c(N)n(C)nc2c1. The van der Waals surface area contributed by atoms with E-state index in [0.29, 0.717) is 5.82 Å². The summed E-state index contributed by atoms with van der Waals surface area (Å²) in [6.45, 7) is 0. The molecule has 13 heavy (non-hydrogen) atoms. The van der Waals surface area contributed by atoms with Crippen molar-refractivity contribution in [2.45, 2.75) is 0 Å². The van der Waals surface area contributed by atoms with Gasteiger partial charge in [-0.3, -0.25) is 4.68 Å². The molecule has 0 aliphatic heterocycles. The molecule has 0 atom stereocenters. The summed E-state index contributed by atoms with van der Waals surface area (Å²) >= 11 is 0. The zero-order valence-electron chi connectivity index (χ0n) is 7.61. The third-order valence-electron chi connectivity index (χ3n) is 2.09. The summed E-state index contributed by atoms with van der Waals surface area (Å²) in [7, 11) is 3.45. The van der Waals surface area contributed by atoms with Gasteiger partial charge in [0, 0.05) is 18.5 Å². The van der Waals surface area contributed by atoms with E-state index in [4.69, 9.17) is 10.5 Å². The molecule has 0 bridgehead atoms.